The fraction of sp³-hybridized carbons (Fsp3) is 0.434. The molecule has 0 unspecified atom stereocenters. The highest BCUT2D eigenvalue weighted by Gasteiger charge is 2.46. The lowest BCUT2D eigenvalue weighted by atomic mass is 9.58. The van der Waals surface area contributed by atoms with Crippen molar-refractivity contribution in [2.24, 2.45) is 95.8 Å². The van der Waals surface area contributed by atoms with Crippen LogP contribution in [-0.4, -0.2) is 116 Å². The third kappa shape index (κ3) is 15.2. The number of fused-ring (bicyclic) bond motifs is 19. The molecule has 128 heavy (non-hydrogen) atoms. The number of halogens is 4. The van der Waals surface area contributed by atoms with Crippen molar-refractivity contribution in [3.05, 3.63) is 174 Å². The molecule has 29 rings (SSSR count). The van der Waals surface area contributed by atoms with Crippen molar-refractivity contribution in [3.8, 4) is 68.9 Å². The number of rotatable bonds is 15. The third-order valence-electron chi connectivity index (χ3n) is 31.2. The number of benzene rings is 1. The molecule has 0 radical (unpaired) electrons. The predicted molar refractivity (Wildman–Crippen MR) is 488 cm³/mol. The SMILES string of the molecule is CC(C)n1ccc2c(C[C@H]3C4CCC(CC4)[C@@H]3C)nc(-c3[nH]nc4ncc(F)cc34)nc21.C[C@H]1C2CCC(CC2)[C@@H]1Cc1cc(-c2ccc(-c3ccccc3)o2)nc(-c2[nH]nc3ncc(F)cc23)n1.C[C@H]1C2CCC(CC2)[C@@H]1Cc1nc(-c2[nH]nc3ncc(F)cc23)nc2c1ccn2C.C[C@H]1C2CCC(CC2)[C@@H]1Nc1nc(-c2[nH]nc3ncc(F)cc23)nc2sccc12. The van der Waals surface area contributed by atoms with Gasteiger partial charge in [-0.1, -0.05) is 58.0 Å². The Labute approximate surface area is 740 Å². The molecular weight excluding hydrogens is 1640 g/mol. The first-order chi connectivity index (χ1) is 62.4. The van der Waals surface area contributed by atoms with Gasteiger partial charge in [0.1, 0.15) is 79.4 Å². The summed E-state index contributed by atoms with van der Waals surface area (Å²) >= 11 is 1.58. The summed E-state index contributed by atoms with van der Waals surface area (Å²) in [5.74, 6) is 14.0. The molecule has 17 aromatic rings. The molecule has 1 aromatic carbocycles. The molecule has 16 heterocycles. The van der Waals surface area contributed by atoms with Gasteiger partial charge < -0.3 is 18.9 Å². The zero-order valence-electron chi connectivity index (χ0n) is 72.8. The molecule has 0 aliphatic heterocycles. The topological polar surface area (TPSA) is 304 Å². The van der Waals surface area contributed by atoms with Crippen LogP contribution in [0.1, 0.15) is 167 Å². The molecule has 0 amide bonds. The minimum absolute atomic E-state index is 0.283. The summed E-state index contributed by atoms with van der Waals surface area (Å²) in [6, 6.07) is 28.8. The molecule has 12 aliphatic rings. The van der Waals surface area contributed by atoms with E-state index in [0.29, 0.717) is 143 Å². The summed E-state index contributed by atoms with van der Waals surface area (Å²) in [5, 5.41) is 40.4. The molecule has 8 atom stereocenters. The van der Waals surface area contributed by atoms with Gasteiger partial charge in [0, 0.05) is 53.6 Å². The van der Waals surface area contributed by atoms with Crippen LogP contribution in [0.2, 0.25) is 0 Å². The first-order valence-electron chi connectivity index (χ1n) is 46.1. The van der Waals surface area contributed by atoms with Crippen LogP contribution < -0.4 is 5.32 Å². The molecule has 12 fully saturated rings. The Morgan fingerprint density at radius 2 is 0.836 bits per heavy atom. The number of anilines is 1. The highest BCUT2D eigenvalue weighted by molar-refractivity contribution is 7.16. The number of hydrogen-bond acceptors (Lipinski definition) is 19. The summed E-state index contributed by atoms with van der Waals surface area (Å²) in [5.41, 5.74) is 11.0. The van der Waals surface area contributed by atoms with Crippen LogP contribution in [0, 0.1) is 112 Å². The molecule has 0 spiro atoms. The quantitative estimate of drug-likeness (QED) is 0.0596. The molecule has 12 saturated carbocycles. The second kappa shape index (κ2) is 33.5. The van der Waals surface area contributed by atoms with Crippen molar-refractivity contribution >= 4 is 93.6 Å². The zero-order valence-corrected chi connectivity index (χ0v) is 73.6. The average Bonchev–Trinajstić information content (AvgIpc) is 1.43. The van der Waals surface area contributed by atoms with Crippen LogP contribution in [0.25, 0.3) is 145 Å². The van der Waals surface area contributed by atoms with E-state index in [1.165, 1.54) is 152 Å². The number of aryl methyl sites for hydroxylation is 1. The van der Waals surface area contributed by atoms with Gasteiger partial charge in [-0.3, -0.25) is 20.4 Å². The first-order valence-corrected chi connectivity index (χ1v) is 47.0. The lowest BCUT2D eigenvalue weighted by Crippen LogP contribution is -2.47. The highest BCUT2D eigenvalue weighted by atomic mass is 32.1. The van der Waals surface area contributed by atoms with Gasteiger partial charge in [-0.25, -0.2) is 77.4 Å². The lowest BCUT2D eigenvalue weighted by molar-refractivity contribution is 0.0339. The van der Waals surface area contributed by atoms with E-state index in [0.717, 1.165) is 139 Å². The number of hydrogen-bond donors (Lipinski definition) is 5. The molecule has 0 saturated heterocycles. The average molecular weight is 1740 g/mol. The fourth-order valence-electron chi connectivity index (χ4n) is 24.1. The van der Waals surface area contributed by atoms with E-state index in [1.807, 2.05) is 65.7 Å². The van der Waals surface area contributed by atoms with E-state index < -0.39 is 17.5 Å². The van der Waals surface area contributed by atoms with Crippen LogP contribution in [0.4, 0.5) is 23.4 Å². The van der Waals surface area contributed by atoms with Gasteiger partial charge in [-0.05, 0) is 291 Å². The van der Waals surface area contributed by atoms with E-state index in [1.54, 1.807) is 11.3 Å². The molecule has 16 aromatic heterocycles. The van der Waals surface area contributed by atoms with Gasteiger partial charge in [0.25, 0.3) is 0 Å². The standard InChI is InChI=1S/C30H28FN5O.C25H29FN6.C23H25FN6.C21H21FN6S/c1-17-18-7-9-19(10-8-18)23(17)14-22-15-25(27-12-11-26(37-27)20-5-3-2-4-6-20)34-30(33-22)28-24-13-21(31)16-32-29(24)36-35-28;1-13(2)32-9-8-18-21(11-19-14(3)15-4-6-16(19)7-5-15)28-24(29-25(18)32)22-20-10-17(26)12-27-23(20)31-30-22;1-12-13-3-5-14(6-4-13)17(12)10-19-16-7-8-30(2)23(16)27-22(26-19)20-18-9-15(24)11-25-21(18)29-28-20;1-10-11-2-4-12(5-3-11)16(10)24-19-14-6-7-29-21(14)26-20(25-19)17-15-8-13(22)9-23-18(15)28-27-17/h2-6,11-13,15-19,23H,7-10,14H2,1H3,(H,32,35,36);8-10,12-16,19H,4-7,11H2,1-3H3,(H,27,30,31);7-9,11-14,17H,3-6,10H2,1-2H3,(H,25,28,29);6-12,16H,2-5H2,1H3,(H,23,27,28)(H,24,25,26)/t17-,18?,19?,23+;14-,15?,16?,19+;12-,13?,14?,17+;10-,11?,12?,16+/m0000/s1. The van der Waals surface area contributed by atoms with Crippen molar-refractivity contribution in [3.63, 3.8) is 0 Å². The summed E-state index contributed by atoms with van der Waals surface area (Å²) < 4.78 is 66.1. The van der Waals surface area contributed by atoms with Crippen LogP contribution in [-0.2, 0) is 26.3 Å². The number of thiophene rings is 1. The number of nitrogens with one attached hydrogen (secondary N) is 5. The van der Waals surface area contributed by atoms with Crippen LogP contribution in [0.3, 0.4) is 0 Å². The summed E-state index contributed by atoms with van der Waals surface area (Å²) in [7, 11) is 2.00. The second-order valence-corrected chi connectivity index (χ2v) is 39.1. The normalized spacial score (nSPS) is 25.1. The molecule has 12 aliphatic carbocycles. The summed E-state index contributed by atoms with van der Waals surface area (Å²) in [6.45, 7) is 14.0. The van der Waals surface area contributed by atoms with Crippen LogP contribution in [0.5, 0.6) is 0 Å². The molecule has 5 N–H and O–H groups in total. The highest BCUT2D eigenvalue weighted by Crippen LogP contribution is 2.54. The van der Waals surface area contributed by atoms with E-state index >= 15 is 0 Å². The largest absolute Gasteiger partial charge is 0.454 e. The van der Waals surface area contributed by atoms with Gasteiger partial charge in [0.15, 0.2) is 51.6 Å². The van der Waals surface area contributed by atoms with Crippen LogP contribution in [0.15, 0.2) is 138 Å². The third-order valence-corrected chi connectivity index (χ3v) is 32.0. The van der Waals surface area contributed by atoms with Crippen molar-refractivity contribution in [2.75, 3.05) is 5.32 Å². The van der Waals surface area contributed by atoms with E-state index in [4.69, 9.17) is 44.3 Å². The van der Waals surface area contributed by atoms with Gasteiger partial charge in [-0.2, -0.15) is 20.4 Å². The number of aromatic amines is 4. The maximum Gasteiger partial charge on any atom is 0.181 e. The van der Waals surface area contributed by atoms with Gasteiger partial charge in [-0.15, -0.1) is 11.3 Å². The Hall–Kier alpha value is -12.1. The Bertz CT molecular complexity index is 6970. The molecule has 654 valence electrons. The Kier molecular flexibility index (Phi) is 21.4. The minimum Gasteiger partial charge on any atom is -0.454 e. The maximum absolute atomic E-state index is 14.1. The molecular formula is C99H103F4N23OS. The Morgan fingerprint density at radius 1 is 0.414 bits per heavy atom. The zero-order chi connectivity index (χ0) is 86.9. The Balaban J connectivity index is 0.000000101. The summed E-state index contributed by atoms with van der Waals surface area (Å²) in [6.07, 6.45) is 33.3. The monoisotopic (exact) mass is 1740 g/mol. The number of pyridine rings is 4. The summed E-state index contributed by atoms with van der Waals surface area (Å²) in [4.78, 5) is 56.5. The number of furan rings is 1. The molecule has 29 heteroatoms. The minimum atomic E-state index is -0.419. The second-order valence-electron chi connectivity index (χ2n) is 38.2. The van der Waals surface area contributed by atoms with Crippen molar-refractivity contribution < 1.29 is 22.0 Å². The van der Waals surface area contributed by atoms with E-state index in [-0.39, 0.29) is 11.9 Å². The van der Waals surface area contributed by atoms with Gasteiger partial charge in [0.2, 0.25) is 0 Å². The molecule has 24 nitrogen and oxygen atoms in total. The fourth-order valence-corrected chi connectivity index (χ4v) is 24.9. The number of nitrogens with zero attached hydrogens (tertiary/aromatic N) is 18. The van der Waals surface area contributed by atoms with Gasteiger partial charge >= 0.3 is 0 Å². The first kappa shape index (κ1) is 81.6. The predicted octanol–water partition coefficient (Wildman–Crippen LogP) is 22.5. The number of H-pyrrole nitrogens is 4. The lowest BCUT2D eigenvalue weighted by Gasteiger charge is -2.47. The van der Waals surface area contributed by atoms with Crippen molar-refractivity contribution in [1.29, 1.82) is 0 Å². The van der Waals surface area contributed by atoms with E-state index in [9.17, 15) is 17.6 Å². The van der Waals surface area contributed by atoms with Crippen molar-refractivity contribution in [1.82, 2.24) is 110 Å². The maximum atomic E-state index is 14.1. The van der Waals surface area contributed by atoms with Crippen LogP contribution >= 0.6 is 11.3 Å². The van der Waals surface area contributed by atoms with Gasteiger partial charge in [0.05, 0.1) is 63.1 Å². The Morgan fingerprint density at radius 3 is 1.31 bits per heavy atom. The van der Waals surface area contributed by atoms with Crippen molar-refractivity contribution in [2.45, 2.75) is 176 Å². The number of aromatic nitrogens is 22. The molecule has 8 bridgehead atoms. The smallest absolute Gasteiger partial charge is 0.181 e. The van der Waals surface area contributed by atoms with E-state index in [2.05, 4.69) is 143 Å².